The molecule has 2 aliphatic rings. The molecule has 0 fully saturated rings. The van der Waals surface area contributed by atoms with Gasteiger partial charge in [0.1, 0.15) is 0 Å². The lowest BCUT2D eigenvalue weighted by molar-refractivity contribution is -0.140. The van der Waals surface area contributed by atoms with E-state index in [1.54, 1.807) is 25.2 Å². The van der Waals surface area contributed by atoms with Crippen molar-refractivity contribution in [1.82, 2.24) is 0 Å². The number of hydrogen-bond donors (Lipinski definition) is 1. The van der Waals surface area contributed by atoms with E-state index in [4.69, 9.17) is 0 Å². The maximum atomic E-state index is 13.0. The number of aliphatic hydroxyl groups is 1. The standard InChI is InChI=1S/C19H16BrNO3/c1-21-16-9-7-12(20)10-15(16)19(24,18(21)23)14-8-6-11-4-2-3-5-13(11)17(14)22/h2-5,7,9-10,14,24H,6,8H2,1H3/t14-,19+/m1/s1. The molecule has 1 aliphatic carbocycles. The predicted octanol–water partition coefficient (Wildman–Crippen LogP) is 3.06. The molecular formula is C19H16BrNO3. The van der Waals surface area contributed by atoms with Gasteiger partial charge in [0.15, 0.2) is 11.4 Å². The third-order valence-corrected chi connectivity index (χ3v) is 5.66. The summed E-state index contributed by atoms with van der Waals surface area (Å²) in [6.07, 6.45) is 1.13. The molecule has 1 heterocycles. The number of nitrogens with zero attached hydrogens (tertiary/aromatic N) is 1. The SMILES string of the molecule is CN1C(=O)[C@](O)([C@@H]2CCc3ccccc3C2=O)c2cc(Br)ccc21. The number of benzene rings is 2. The van der Waals surface area contributed by atoms with Gasteiger partial charge in [-0.2, -0.15) is 0 Å². The highest BCUT2D eigenvalue weighted by atomic mass is 79.9. The second-order valence-corrected chi connectivity index (χ2v) is 7.32. The van der Waals surface area contributed by atoms with E-state index in [0.717, 1.165) is 10.0 Å². The average Bonchev–Trinajstić information content (AvgIpc) is 2.77. The molecule has 0 saturated heterocycles. The van der Waals surface area contributed by atoms with Crippen LogP contribution < -0.4 is 4.90 Å². The van der Waals surface area contributed by atoms with Crippen LogP contribution in [0.5, 0.6) is 0 Å². The lowest BCUT2D eigenvalue weighted by atomic mass is 9.71. The Morgan fingerprint density at radius 2 is 1.96 bits per heavy atom. The Bertz CT molecular complexity index is 879. The quantitative estimate of drug-likeness (QED) is 0.820. The number of ketones is 1. The van der Waals surface area contributed by atoms with Gasteiger partial charge in [0.25, 0.3) is 5.91 Å². The van der Waals surface area contributed by atoms with Crippen LogP contribution >= 0.6 is 15.9 Å². The van der Waals surface area contributed by atoms with Gasteiger partial charge in [-0.1, -0.05) is 40.2 Å². The second-order valence-electron chi connectivity index (χ2n) is 6.40. The normalized spacial score (nSPS) is 25.6. The Hall–Kier alpha value is -1.98. The summed E-state index contributed by atoms with van der Waals surface area (Å²) in [7, 11) is 1.63. The van der Waals surface area contributed by atoms with Crippen molar-refractivity contribution < 1.29 is 14.7 Å². The van der Waals surface area contributed by atoms with Crippen molar-refractivity contribution in [3.8, 4) is 0 Å². The number of Topliss-reactive ketones (excluding diaryl/α,β-unsaturated/α-hetero) is 1. The predicted molar refractivity (Wildman–Crippen MR) is 94.0 cm³/mol. The Labute approximate surface area is 148 Å². The number of anilines is 1. The van der Waals surface area contributed by atoms with E-state index >= 15 is 0 Å². The highest BCUT2D eigenvalue weighted by Gasteiger charge is 2.56. The van der Waals surface area contributed by atoms with Crippen LogP contribution in [-0.4, -0.2) is 23.8 Å². The Morgan fingerprint density at radius 1 is 1.21 bits per heavy atom. The van der Waals surface area contributed by atoms with Crippen LogP contribution in [0.25, 0.3) is 0 Å². The third kappa shape index (κ3) is 1.95. The van der Waals surface area contributed by atoms with Crippen LogP contribution in [0.15, 0.2) is 46.9 Å². The zero-order valence-electron chi connectivity index (χ0n) is 13.1. The zero-order chi connectivity index (χ0) is 17.1. The Balaban J connectivity index is 1.87. The molecule has 1 aliphatic heterocycles. The monoisotopic (exact) mass is 385 g/mol. The fourth-order valence-electron chi connectivity index (χ4n) is 3.92. The van der Waals surface area contributed by atoms with Gasteiger partial charge in [-0.3, -0.25) is 9.59 Å². The number of hydrogen-bond acceptors (Lipinski definition) is 3. The van der Waals surface area contributed by atoms with Crippen LogP contribution in [0.3, 0.4) is 0 Å². The Morgan fingerprint density at radius 3 is 2.75 bits per heavy atom. The van der Waals surface area contributed by atoms with Crippen molar-refractivity contribution in [2.24, 2.45) is 5.92 Å². The van der Waals surface area contributed by atoms with Crippen LogP contribution in [-0.2, 0) is 16.8 Å². The molecule has 0 radical (unpaired) electrons. The van der Waals surface area contributed by atoms with E-state index < -0.39 is 17.4 Å². The zero-order valence-corrected chi connectivity index (χ0v) is 14.7. The molecule has 2 aromatic rings. The van der Waals surface area contributed by atoms with E-state index in [0.29, 0.717) is 29.7 Å². The summed E-state index contributed by atoms with van der Waals surface area (Å²) in [5, 5.41) is 11.4. The van der Waals surface area contributed by atoms with E-state index in [1.165, 1.54) is 4.90 Å². The first-order valence-corrected chi connectivity index (χ1v) is 8.66. The number of aryl methyl sites for hydroxylation is 1. The number of halogens is 1. The molecule has 122 valence electrons. The van der Waals surface area contributed by atoms with Gasteiger partial charge in [0.05, 0.1) is 11.6 Å². The fourth-order valence-corrected chi connectivity index (χ4v) is 4.28. The third-order valence-electron chi connectivity index (χ3n) is 5.17. The van der Waals surface area contributed by atoms with Crippen LogP contribution in [0.1, 0.15) is 27.9 Å². The van der Waals surface area contributed by atoms with Crippen molar-refractivity contribution in [3.63, 3.8) is 0 Å². The largest absolute Gasteiger partial charge is 0.375 e. The van der Waals surface area contributed by atoms with Crippen molar-refractivity contribution in [2.45, 2.75) is 18.4 Å². The van der Waals surface area contributed by atoms with Gasteiger partial charge >= 0.3 is 0 Å². The molecule has 0 bridgehead atoms. The molecule has 24 heavy (non-hydrogen) atoms. The summed E-state index contributed by atoms with van der Waals surface area (Å²) >= 11 is 3.40. The van der Waals surface area contributed by atoms with Gasteiger partial charge < -0.3 is 10.0 Å². The number of carbonyl (C=O) groups is 2. The topological polar surface area (TPSA) is 57.6 Å². The minimum absolute atomic E-state index is 0.158. The lowest BCUT2D eigenvalue weighted by Gasteiger charge is -2.34. The lowest BCUT2D eigenvalue weighted by Crippen LogP contribution is -2.49. The number of carbonyl (C=O) groups excluding carboxylic acids is 2. The number of rotatable bonds is 1. The summed E-state index contributed by atoms with van der Waals surface area (Å²) < 4.78 is 0.770. The first kappa shape index (κ1) is 15.5. The molecule has 0 spiro atoms. The highest BCUT2D eigenvalue weighted by Crippen LogP contribution is 2.48. The summed E-state index contributed by atoms with van der Waals surface area (Å²) in [5.74, 6) is -1.36. The van der Waals surface area contributed by atoms with E-state index in [-0.39, 0.29) is 5.78 Å². The smallest absolute Gasteiger partial charge is 0.264 e. The highest BCUT2D eigenvalue weighted by molar-refractivity contribution is 9.10. The van der Waals surface area contributed by atoms with Crippen molar-refractivity contribution >= 4 is 33.3 Å². The van der Waals surface area contributed by atoms with Gasteiger partial charge in [0, 0.05) is 22.6 Å². The second kappa shape index (κ2) is 5.26. The summed E-state index contributed by atoms with van der Waals surface area (Å²) in [4.78, 5) is 27.3. The summed E-state index contributed by atoms with van der Waals surface area (Å²) in [6.45, 7) is 0. The molecule has 0 unspecified atom stereocenters. The molecule has 4 nitrogen and oxygen atoms in total. The minimum atomic E-state index is -1.81. The maximum Gasteiger partial charge on any atom is 0.264 e. The summed E-state index contributed by atoms with van der Waals surface area (Å²) in [5.41, 5.74) is 0.939. The number of amides is 1. The Kier molecular flexibility index (Phi) is 3.41. The van der Waals surface area contributed by atoms with E-state index in [1.807, 2.05) is 24.3 Å². The number of fused-ring (bicyclic) bond motifs is 2. The summed E-state index contributed by atoms with van der Waals surface area (Å²) in [6, 6.07) is 12.8. The van der Waals surface area contributed by atoms with Gasteiger partial charge in [-0.05, 0) is 36.6 Å². The minimum Gasteiger partial charge on any atom is -0.375 e. The van der Waals surface area contributed by atoms with Gasteiger partial charge in [-0.25, -0.2) is 0 Å². The molecule has 5 heteroatoms. The van der Waals surface area contributed by atoms with Crippen molar-refractivity contribution in [3.05, 3.63) is 63.6 Å². The van der Waals surface area contributed by atoms with E-state index in [9.17, 15) is 14.7 Å². The maximum absolute atomic E-state index is 13.0. The van der Waals surface area contributed by atoms with Crippen LogP contribution in [0, 0.1) is 5.92 Å². The molecule has 2 aromatic carbocycles. The first-order chi connectivity index (χ1) is 11.4. The van der Waals surface area contributed by atoms with Gasteiger partial charge in [-0.15, -0.1) is 0 Å². The molecular weight excluding hydrogens is 370 g/mol. The van der Waals surface area contributed by atoms with Crippen LogP contribution in [0.4, 0.5) is 5.69 Å². The molecule has 0 aromatic heterocycles. The molecule has 4 rings (SSSR count). The van der Waals surface area contributed by atoms with Gasteiger partial charge in [0.2, 0.25) is 0 Å². The average molecular weight is 386 g/mol. The molecule has 1 N–H and O–H groups in total. The number of likely N-dealkylation sites (N-methyl/N-ethyl adjacent to an activating group) is 1. The molecule has 2 atom stereocenters. The van der Waals surface area contributed by atoms with Crippen molar-refractivity contribution in [2.75, 3.05) is 11.9 Å². The fraction of sp³-hybridized carbons (Fsp3) is 0.263. The molecule has 1 amide bonds. The van der Waals surface area contributed by atoms with Crippen molar-refractivity contribution in [1.29, 1.82) is 0 Å². The molecule has 0 saturated carbocycles. The first-order valence-electron chi connectivity index (χ1n) is 7.87. The van der Waals surface area contributed by atoms with Crippen LogP contribution in [0.2, 0.25) is 0 Å². The van der Waals surface area contributed by atoms with E-state index in [2.05, 4.69) is 15.9 Å².